The van der Waals surface area contributed by atoms with Gasteiger partial charge in [0.1, 0.15) is 24.2 Å². The Hall–Kier alpha value is -2.93. The van der Waals surface area contributed by atoms with Gasteiger partial charge >= 0.3 is 5.97 Å². The van der Waals surface area contributed by atoms with E-state index in [0.29, 0.717) is 12.8 Å². The fraction of sp³-hybridized carbons (Fsp3) is 0.773. The number of nitrogens with one attached hydrogen (secondary N) is 3. The Kier molecular flexibility index (Phi) is 14.5. The number of hydrogen-bond donors (Lipinski definition) is 8. The second-order valence-electron chi connectivity index (χ2n) is 9.18. The second kappa shape index (κ2) is 15.9. The molecule has 202 valence electrons. The van der Waals surface area contributed by atoms with E-state index in [4.69, 9.17) is 17.2 Å². The number of aliphatic hydroxyl groups excluding tert-OH is 1. The molecule has 0 spiro atoms. The highest BCUT2D eigenvalue weighted by Gasteiger charge is 2.32. The molecule has 3 amide bonds. The van der Waals surface area contributed by atoms with E-state index in [0.717, 1.165) is 0 Å². The number of hydrogen-bond acceptors (Lipinski definition) is 7. The third-order valence-electron chi connectivity index (χ3n) is 5.52. The molecular formula is C22H43N7O6. The fourth-order valence-corrected chi connectivity index (χ4v) is 3.17. The molecule has 13 nitrogen and oxygen atoms in total. The molecule has 0 aromatic rings. The summed E-state index contributed by atoms with van der Waals surface area (Å²) >= 11 is 0. The largest absolute Gasteiger partial charge is 0.480 e. The lowest BCUT2D eigenvalue weighted by Crippen LogP contribution is -2.58. The fourth-order valence-electron chi connectivity index (χ4n) is 3.17. The summed E-state index contributed by atoms with van der Waals surface area (Å²) in [6.45, 7) is 8.78. The molecule has 0 bridgehead atoms. The Balaban J connectivity index is 5.65. The average molecular weight is 502 g/mol. The van der Waals surface area contributed by atoms with Crippen LogP contribution in [0.4, 0.5) is 0 Å². The molecule has 6 unspecified atom stereocenters. The Morgan fingerprint density at radius 3 is 1.91 bits per heavy atom. The van der Waals surface area contributed by atoms with E-state index in [1.807, 2.05) is 20.8 Å². The summed E-state index contributed by atoms with van der Waals surface area (Å²) in [5.41, 5.74) is 16.3. The van der Waals surface area contributed by atoms with Gasteiger partial charge in [0.25, 0.3) is 0 Å². The zero-order chi connectivity index (χ0) is 27.3. The normalized spacial score (nSPS) is 16.2. The first kappa shape index (κ1) is 32.1. The second-order valence-corrected chi connectivity index (χ2v) is 9.18. The summed E-state index contributed by atoms with van der Waals surface area (Å²) in [5, 5.41) is 26.7. The highest BCUT2D eigenvalue weighted by Crippen LogP contribution is 2.11. The summed E-state index contributed by atoms with van der Waals surface area (Å²) in [5.74, 6) is -3.64. The van der Waals surface area contributed by atoms with Gasteiger partial charge in [-0.1, -0.05) is 34.1 Å². The molecule has 0 aromatic carbocycles. The van der Waals surface area contributed by atoms with Crippen molar-refractivity contribution in [1.29, 1.82) is 0 Å². The smallest absolute Gasteiger partial charge is 0.326 e. The molecule has 13 heteroatoms. The van der Waals surface area contributed by atoms with Gasteiger partial charge in [-0.2, -0.15) is 0 Å². The van der Waals surface area contributed by atoms with Gasteiger partial charge in [-0.3, -0.25) is 19.4 Å². The lowest BCUT2D eigenvalue weighted by molar-refractivity contribution is -0.144. The van der Waals surface area contributed by atoms with Crippen LogP contribution >= 0.6 is 0 Å². The standard InChI is InChI=1S/C22H43N7O6/c1-6-12(4)17(21(34)35)29-19(32)15(10-11(2)3)28-18(31)14(8-7-9-26-22(24)25)27-20(33)16(23)13(5)30/h11-17,30H,6-10,23H2,1-5H3,(H,27,33)(H,28,31)(H,29,32)(H,34,35)(H4,24,25,26). The number of rotatable bonds is 16. The summed E-state index contributed by atoms with van der Waals surface area (Å²) in [6, 6.07) is -4.49. The highest BCUT2D eigenvalue weighted by atomic mass is 16.4. The van der Waals surface area contributed by atoms with Crippen molar-refractivity contribution in [2.24, 2.45) is 34.0 Å². The number of nitrogens with zero attached hydrogens (tertiary/aromatic N) is 1. The number of carboxylic acid groups (broad SMARTS) is 1. The average Bonchev–Trinajstić information content (AvgIpc) is 2.76. The number of carboxylic acids is 1. The Morgan fingerprint density at radius 1 is 0.914 bits per heavy atom. The topological polar surface area (TPSA) is 235 Å². The van der Waals surface area contributed by atoms with E-state index in [-0.39, 0.29) is 37.2 Å². The van der Waals surface area contributed by atoms with Gasteiger partial charge in [0.2, 0.25) is 17.7 Å². The first-order valence-electron chi connectivity index (χ1n) is 11.8. The van der Waals surface area contributed by atoms with E-state index >= 15 is 0 Å². The number of amides is 3. The van der Waals surface area contributed by atoms with Crippen molar-refractivity contribution in [3.63, 3.8) is 0 Å². The number of aliphatic imine (C=N–C) groups is 1. The SMILES string of the molecule is CCC(C)C(NC(=O)C(CC(C)C)NC(=O)C(CCCN=C(N)N)NC(=O)C(N)C(C)O)C(=O)O. The minimum absolute atomic E-state index is 0.00325. The molecular weight excluding hydrogens is 458 g/mol. The van der Waals surface area contributed by atoms with Crippen LogP contribution in [0.25, 0.3) is 0 Å². The zero-order valence-corrected chi connectivity index (χ0v) is 21.3. The third kappa shape index (κ3) is 12.4. The molecule has 0 aromatic heterocycles. The van der Waals surface area contributed by atoms with Crippen molar-refractivity contribution in [3.05, 3.63) is 0 Å². The molecule has 0 saturated carbocycles. The van der Waals surface area contributed by atoms with Crippen molar-refractivity contribution in [2.75, 3.05) is 6.54 Å². The maximum absolute atomic E-state index is 13.1. The summed E-state index contributed by atoms with van der Waals surface area (Å²) in [6.07, 6.45) is 0.0871. The Bertz CT molecular complexity index is 740. The Labute approximate surface area is 206 Å². The van der Waals surface area contributed by atoms with Gasteiger partial charge in [-0.15, -0.1) is 0 Å². The number of aliphatic hydroxyl groups is 1. The van der Waals surface area contributed by atoms with E-state index in [1.54, 1.807) is 6.92 Å². The highest BCUT2D eigenvalue weighted by molar-refractivity contribution is 5.94. The molecule has 0 radical (unpaired) electrons. The van der Waals surface area contributed by atoms with Crippen LogP contribution in [0.15, 0.2) is 4.99 Å². The van der Waals surface area contributed by atoms with Crippen molar-refractivity contribution in [3.8, 4) is 0 Å². The van der Waals surface area contributed by atoms with Crippen LogP contribution in [0, 0.1) is 11.8 Å². The minimum atomic E-state index is -1.26. The number of nitrogens with two attached hydrogens (primary N) is 3. The summed E-state index contributed by atoms with van der Waals surface area (Å²) < 4.78 is 0. The molecule has 0 fully saturated rings. The summed E-state index contributed by atoms with van der Waals surface area (Å²) in [4.78, 5) is 53.9. The Morgan fingerprint density at radius 2 is 1.46 bits per heavy atom. The molecule has 6 atom stereocenters. The number of carbonyl (C=O) groups is 4. The molecule has 0 aliphatic heterocycles. The van der Waals surface area contributed by atoms with E-state index in [2.05, 4.69) is 20.9 Å². The molecule has 35 heavy (non-hydrogen) atoms. The van der Waals surface area contributed by atoms with Crippen LogP contribution in [0.2, 0.25) is 0 Å². The van der Waals surface area contributed by atoms with Gasteiger partial charge in [0.15, 0.2) is 5.96 Å². The first-order chi connectivity index (χ1) is 16.2. The lowest BCUT2D eigenvalue weighted by atomic mass is 9.97. The van der Waals surface area contributed by atoms with Crippen LogP contribution in [0.3, 0.4) is 0 Å². The van der Waals surface area contributed by atoms with Gasteiger partial charge in [-0.25, -0.2) is 4.79 Å². The molecule has 11 N–H and O–H groups in total. The maximum atomic E-state index is 13.1. The molecule has 0 aliphatic carbocycles. The predicted octanol–water partition coefficient (Wildman–Crippen LogP) is -1.62. The van der Waals surface area contributed by atoms with Crippen molar-refractivity contribution in [2.45, 2.75) is 90.6 Å². The van der Waals surface area contributed by atoms with Crippen LogP contribution in [-0.2, 0) is 19.2 Å². The quantitative estimate of drug-likeness (QED) is 0.0688. The number of carbonyl (C=O) groups excluding carboxylic acids is 3. The van der Waals surface area contributed by atoms with E-state index in [9.17, 15) is 29.4 Å². The van der Waals surface area contributed by atoms with Crippen molar-refractivity contribution >= 4 is 29.7 Å². The molecule has 0 saturated heterocycles. The van der Waals surface area contributed by atoms with Gasteiger partial charge in [0, 0.05) is 6.54 Å². The maximum Gasteiger partial charge on any atom is 0.326 e. The minimum Gasteiger partial charge on any atom is -0.480 e. The van der Waals surface area contributed by atoms with E-state index < -0.39 is 54.0 Å². The van der Waals surface area contributed by atoms with E-state index in [1.165, 1.54) is 6.92 Å². The van der Waals surface area contributed by atoms with Crippen LogP contribution < -0.4 is 33.2 Å². The number of guanidine groups is 1. The first-order valence-corrected chi connectivity index (χ1v) is 11.8. The lowest BCUT2D eigenvalue weighted by Gasteiger charge is -2.27. The predicted molar refractivity (Wildman–Crippen MR) is 132 cm³/mol. The monoisotopic (exact) mass is 501 g/mol. The summed E-state index contributed by atoms with van der Waals surface area (Å²) in [7, 11) is 0. The molecule has 0 rings (SSSR count). The van der Waals surface area contributed by atoms with Crippen molar-refractivity contribution in [1.82, 2.24) is 16.0 Å². The zero-order valence-electron chi connectivity index (χ0n) is 21.3. The number of aliphatic carboxylic acids is 1. The van der Waals surface area contributed by atoms with Crippen LogP contribution in [0.5, 0.6) is 0 Å². The van der Waals surface area contributed by atoms with Gasteiger partial charge in [-0.05, 0) is 38.0 Å². The third-order valence-corrected chi connectivity index (χ3v) is 5.52. The van der Waals surface area contributed by atoms with Crippen LogP contribution in [0.1, 0.15) is 60.3 Å². The molecule has 0 aliphatic rings. The molecule has 0 heterocycles. The van der Waals surface area contributed by atoms with Gasteiger partial charge < -0.3 is 43.4 Å². The van der Waals surface area contributed by atoms with Gasteiger partial charge in [0.05, 0.1) is 6.10 Å². The van der Waals surface area contributed by atoms with Crippen LogP contribution in [-0.4, -0.2) is 76.7 Å². The van der Waals surface area contributed by atoms with Crippen molar-refractivity contribution < 1.29 is 29.4 Å².